The molecule has 1 aromatic carbocycles. The maximum absolute atomic E-state index is 5.95. The number of nitrogen functional groups attached to an aromatic ring is 1. The van der Waals surface area contributed by atoms with Gasteiger partial charge in [0, 0.05) is 9.35 Å². The second kappa shape index (κ2) is 5.42. The number of nitrogens with two attached hydrogens (primary N) is 1. The Morgan fingerprint density at radius 1 is 1.20 bits per heavy atom. The van der Waals surface area contributed by atoms with Gasteiger partial charge in [-0.2, -0.15) is 0 Å². The fourth-order valence-electron chi connectivity index (χ4n) is 2.06. The number of aromatic nitrogens is 1. The van der Waals surface area contributed by atoms with Gasteiger partial charge in [-0.05, 0) is 36.2 Å². The first-order valence-electron chi connectivity index (χ1n) is 6.29. The molecule has 2 N–H and O–H groups in total. The summed E-state index contributed by atoms with van der Waals surface area (Å²) in [6, 6.07) is 12.2. The third-order valence-electron chi connectivity index (χ3n) is 3.09. The van der Waals surface area contributed by atoms with Crippen LogP contribution in [0.2, 0.25) is 0 Å². The molecule has 3 rings (SSSR count). The van der Waals surface area contributed by atoms with Gasteiger partial charge in [0.15, 0.2) is 0 Å². The molecule has 0 atom stereocenters. The molecular weight excluding hydrogens is 336 g/mol. The van der Waals surface area contributed by atoms with Gasteiger partial charge in [0.05, 0.1) is 10.4 Å². The van der Waals surface area contributed by atoms with Crippen molar-refractivity contribution in [2.45, 2.75) is 13.3 Å². The van der Waals surface area contributed by atoms with E-state index in [1.165, 1.54) is 4.88 Å². The van der Waals surface area contributed by atoms with Crippen molar-refractivity contribution in [3.05, 3.63) is 45.7 Å². The molecule has 0 saturated heterocycles. The summed E-state index contributed by atoms with van der Waals surface area (Å²) in [5, 5.41) is 4.13. The highest BCUT2D eigenvalue weighted by atomic mass is 79.9. The highest BCUT2D eigenvalue weighted by Crippen LogP contribution is 2.39. The second-order valence-electron chi connectivity index (χ2n) is 4.40. The summed E-state index contributed by atoms with van der Waals surface area (Å²) in [4.78, 5) is 2.41. The van der Waals surface area contributed by atoms with Crippen LogP contribution in [0.15, 0.2) is 45.4 Å². The molecular formula is C15H13BrN2OS. The van der Waals surface area contributed by atoms with Crippen LogP contribution in [0.1, 0.15) is 11.8 Å². The largest absolute Gasteiger partial charge is 0.367 e. The van der Waals surface area contributed by atoms with Gasteiger partial charge in [0.25, 0.3) is 0 Å². The number of rotatable bonds is 3. The number of hydrogen-bond acceptors (Lipinski definition) is 4. The van der Waals surface area contributed by atoms with Crippen LogP contribution < -0.4 is 5.73 Å². The standard InChI is InChI=1S/C15H13BrN2OS/c1-2-11-7-8-12(20-11)14-13(15(17)19-18-14)9-3-5-10(16)6-4-9/h3-8H,2,17H2,1H3. The number of anilines is 1. The van der Waals surface area contributed by atoms with Crippen molar-refractivity contribution in [2.24, 2.45) is 0 Å². The fraction of sp³-hybridized carbons (Fsp3) is 0.133. The Kier molecular flexibility index (Phi) is 3.63. The van der Waals surface area contributed by atoms with Gasteiger partial charge in [-0.1, -0.05) is 40.1 Å². The molecule has 0 aliphatic rings. The Hall–Kier alpha value is -1.59. The smallest absolute Gasteiger partial charge is 0.230 e. The Morgan fingerprint density at radius 3 is 2.60 bits per heavy atom. The lowest BCUT2D eigenvalue weighted by Crippen LogP contribution is -1.86. The summed E-state index contributed by atoms with van der Waals surface area (Å²) in [5.74, 6) is 0.355. The Balaban J connectivity index is 2.11. The quantitative estimate of drug-likeness (QED) is 0.726. The van der Waals surface area contributed by atoms with Crippen molar-refractivity contribution >= 4 is 33.2 Å². The van der Waals surface area contributed by atoms with Crippen molar-refractivity contribution in [3.8, 4) is 21.7 Å². The Morgan fingerprint density at radius 2 is 1.95 bits per heavy atom. The lowest BCUT2D eigenvalue weighted by molar-refractivity contribution is 0.439. The SMILES string of the molecule is CCc1ccc(-c2noc(N)c2-c2ccc(Br)cc2)s1. The van der Waals surface area contributed by atoms with Crippen LogP contribution in [-0.2, 0) is 6.42 Å². The Labute approximate surface area is 129 Å². The van der Waals surface area contributed by atoms with Crippen LogP contribution in [0, 0.1) is 0 Å². The van der Waals surface area contributed by atoms with E-state index in [0.29, 0.717) is 5.88 Å². The molecule has 0 radical (unpaired) electrons. The van der Waals surface area contributed by atoms with E-state index in [1.54, 1.807) is 11.3 Å². The molecule has 0 unspecified atom stereocenters. The topological polar surface area (TPSA) is 52.0 Å². The monoisotopic (exact) mass is 348 g/mol. The maximum Gasteiger partial charge on any atom is 0.230 e. The van der Waals surface area contributed by atoms with E-state index in [2.05, 4.69) is 40.1 Å². The van der Waals surface area contributed by atoms with Crippen LogP contribution in [0.5, 0.6) is 0 Å². The molecule has 2 aromatic heterocycles. The summed E-state index contributed by atoms with van der Waals surface area (Å²) in [6.45, 7) is 2.14. The molecule has 0 amide bonds. The van der Waals surface area contributed by atoms with E-state index < -0.39 is 0 Å². The molecule has 2 heterocycles. The summed E-state index contributed by atoms with van der Waals surface area (Å²) < 4.78 is 6.23. The first kappa shape index (κ1) is 13.4. The molecule has 0 aliphatic carbocycles. The van der Waals surface area contributed by atoms with Gasteiger partial charge >= 0.3 is 0 Å². The zero-order valence-corrected chi connectivity index (χ0v) is 13.3. The van der Waals surface area contributed by atoms with E-state index in [1.807, 2.05) is 24.3 Å². The first-order chi connectivity index (χ1) is 9.69. The summed E-state index contributed by atoms with van der Waals surface area (Å²) >= 11 is 5.16. The zero-order chi connectivity index (χ0) is 14.1. The number of aryl methyl sites for hydroxylation is 1. The van der Waals surface area contributed by atoms with Crippen LogP contribution in [0.3, 0.4) is 0 Å². The third kappa shape index (κ3) is 2.39. The molecule has 20 heavy (non-hydrogen) atoms. The molecule has 3 nitrogen and oxygen atoms in total. The number of benzene rings is 1. The van der Waals surface area contributed by atoms with Crippen LogP contribution >= 0.6 is 27.3 Å². The third-order valence-corrected chi connectivity index (χ3v) is 4.86. The molecule has 0 fully saturated rings. The van der Waals surface area contributed by atoms with E-state index in [9.17, 15) is 0 Å². The van der Waals surface area contributed by atoms with Crippen LogP contribution in [0.4, 0.5) is 5.88 Å². The second-order valence-corrected chi connectivity index (χ2v) is 6.48. The highest BCUT2D eigenvalue weighted by Gasteiger charge is 2.18. The average molecular weight is 349 g/mol. The number of thiophene rings is 1. The summed E-state index contributed by atoms with van der Waals surface area (Å²) in [6.07, 6.45) is 1.02. The van der Waals surface area contributed by atoms with Gasteiger partial charge in [0.2, 0.25) is 5.88 Å². The number of nitrogens with zero attached hydrogens (tertiary/aromatic N) is 1. The van der Waals surface area contributed by atoms with Crippen molar-refractivity contribution < 1.29 is 4.52 Å². The van der Waals surface area contributed by atoms with Gasteiger partial charge in [-0.25, -0.2) is 0 Å². The lowest BCUT2D eigenvalue weighted by Gasteiger charge is -2.01. The molecule has 102 valence electrons. The van der Waals surface area contributed by atoms with Gasteiger partial charge in [0.1, 0.15) is 5.69 Å². The van der Waals surface area contributed by atoms with E-state index in [-0.39, 0.29) is 0 Å². The minimum atomic E-state index is 0.355. The maximum atomic E-state index is 5.95. The Bertz CT molecular complexity index is 731. The molecule has 0 bridgehead atoms. The van der Waals surface area contributed by atoms with E-state index in [4.69, 9.17) is 10.3 Å². The highest BCUT2D eigenvalue weighted by molar-refractivity contribution is 9.10. The lowest BCUT2D eigenvalue weighted by atomic mass is 10.1. The van der Waals surface area contributed by atoms with E-state index >= 15 is 0 Å². The van der Waals surface area contributed by atoms with E-state index in [0.717, 1.165) is 32.6 Å². The zero-order valence-electron chi connectivity index (χ0n) is 10.9. The average Bonchev–Trinajstić information content (AvgIpc) is 3.06. The molecule has 0 spiro atoms. The molecule has 0 aliphatic heterocycles. The van der Waals surface area contributed by atoms with Crippen molar-refractivity contribution in [1.29, 1.82) is 0 Å². The van der Waals surface area contributed by atoms with Gasteiger partial charge < -0.3 is 10.3 Å². The van der Waals surface area contributed by atoms with Gasteiger partial charge in [-0.3, -0.25) is 0 Å². The van der Waals surface area contributed by atoms with Crippen LogP contribution in [0.25, 0.3) is 21.7 Å². The fourth-order valence-corrected chi connectivity index (χ4v) is 3.26. The van der Waals surface area contributed by atoms with Gasteiger partial charge in [-0.15, -0.1) is 11.3 Å². The normalized spacial score (nSPS) is 10.9. The molecule has 5 heteroatoms. The summed E-state index contributed by atoms with van der Waals surface area (Å²) in [7, 11) is 0. The van der Waals surface area contributed by atoms with Crippen molar-refractivity contribution in [1.82, 2.24) is 5.16 Å². The first-order valence-corrected chi connectivity index (χ1v) is 7.90. The minimum absolute atomic E-state index is 0.355. The predicted octanol–water partition coefficient (Wildman–Crippen LogP) is 4.98. The number of halogens is 1. The van der Waals surface area contributed by atoms with Crippen LogP contribution in [-0.4, -0.2) is 5.16 Å². The predicted molar refractivity (Wildman–Crippen MR) is 86.7 cm³/mol. The molecule has 3 aromatic rings. The van der Waals surface area contributed by atoms with Crippen molar-refractivity contribution in [3.63, 3.8) is 0 Å². The summed E-state index contributed by atoms with van der Waals surface area (Å²) in [5.41, 5.74) is 8.64. The minimum Gasteiger partial charge on any atom is -0.367 e. The van der Waals surface area contributed by atoms with Crippen molar-refractivity contribution in [2.75, 3.05) is 5.73 Å². The number of hydrogen-bond donors (Lipinski definition) is 1. The molecule has 0 saturated carbocycles.